The molecule has 1 unspecified atom stereocenters. The zero-order chi connectivity index (χ0) is 18.5. The number of nitrogens with one attached hydrogen (secondary N) is 3. The number of anilines is 1. The standard InChI is InChI=1S/C14H16Cl5N3OS/c1-7(2)5-11(23)21-12(14(17,18)19)22-13(24)20-10-6-8(15)3-4-9(10)16/h3-4,6-7,12H,5H2,1-2H3,(H,21,23)(H2,20,22,24). The minimum atomic E-state index is -1.81. The van der Waals surface area contributed by atoms with Crippen LogP contribution in [0.5, 0.6) is 0 Å². The molecule has 0 aromatic heterocycles. The highest BCUT2D eigenvalue weighted by atomic mass is 35.6. The predicted octanol–water partition coefficient (Wildman–Crippen LogP) is 5.14. The lowest BCUT2D eigenvalue weighted by Crippen LogP contribution is -2.56. The molecule has 0 fully saturated rings. The molecular weight excluding hydrogens is 436 g/mol. The minimum absolute atomic E-state index is 0.111. The van der Waals surface area contributed by atoms with E-state index < -0.39 is 9.96 Å². The van der Waals surface area contributed by atoms with E-state index in [1.807, 2.05) is 13.8 Å². The van der Waals surface area contributed by atoms with Crippen molar-refractivity contribution in [3.8, 4) is 0 Å². The maximum atomic E-state index is 11.9. The van der Waals surface area contributed by atoms with Crippen LogP contribution in [-0.4, -0.2) is 21.0 Å². The maximum Gasteiger partial charge on any atom is 0.228 e. The molecule has 0 aliphatic rings. The normalized spacial score (nSPS) is 12.7. The Hall–Kier alpha value is -0.170. The van der Waals surface area contributed by atoms with E-state index in [0.29, 0.717) is 22.2 Å². The molecular formula is C14H16Cl5N3OS. The highest BCUT2D eigenvalue weighted by Gasteiger charge is 2.34. The van der Waals surface area contributed by atoms with E-state index in [4.69, 9.17) is 70.2 Å². The quantitative estimate of drug-likeness (QED) is 0.330. The largest absolute Gasteiger partial charge is 0.339 e. The topological polar surface area (TPSA) is 53.2 Å². The third-order valence-corrected chi connectivity index (χ3v) is 4.12. The summed E-state index contributed by atoms with van der Waals surface area (Å²) in [6.07, 6.45) is -0.731. The number of amides is 1. The molecule has 0 aliphatic carbocycles. The molecule has 24 heavy (non-hydrogen) atoms. The van der Waals surface area contributed by atoms with Gasteiger partial charge in [0.15, 0.2) is 5.11 Å². The van der Waals surface area contributed by atoms with Gasteiger partial charge in [0.25, 0.3) is 0 Å². The first-order valence-electron chi connectivity index (χ1n) is 6.87. The number of alkyl halides is 3. The summed E-state index contributed by atoms with van der Waals surface area (Å²) in [5, 5.41) is 9.20. The zero-order valence-electron chi connectivity index (χ0n) is 12.8. The predicted molar refractivity (Wildman–Crippen MR) is 107 cm³/mol. The van der Waals surface area contributed by atoms with Crippen LogP contribution in [0.4, 0.5) is 5.69 Å². The van der Waals surface area contributed by atoms with Gasteiger partial charge in [0.2, 0.25) is 9.70 Å². The highest BCUT2D eigenvalue weighted by Crippen LogP contribution is 2.30. The molecule has 1 aromatic carbocycles. The fraction of sp³-hybridized carbons (Fsp3) is 0.429. The van der Waals surface area contributed by atoms with Gasteiger partial charge in [-0.05, 0) is 36.3 Å². The van der Waals surface area contributed by atoms with Crippen molar-refractivity contribution in [3.63, 3.8) is 0 Å². The second kappa shape index (κ2) is 9.51. The Kier molecular flexibility index (Phi) is 8.66. The number of benzene rings is 1. The number of carbonyl (C=O) groups excluding carboxylic acids is 1. The Labute approximate surface area is 171 Å². The molecule has 4 nitrogen and oxygen atoms in total. The Balaban J connectivity index is 2.77. The van der Waals surface area contributed by atoms with E-state index in [9.17, 15) is 4.79 Å². The van der Waals surface area contributed by atoms with Crippen LogP contribution >= 0.6 is 70.2 Å². The maximum absolute atomic E-state index is 11.9. The van der Waals surface area contributed by atoms with Gasteiger partial charge in [0.05, 0.1) is 10.7 Å². The van der Waals surface area contributed by atoms with Crippen LogP contribution in [0, 0.1) is 5.92 Å². The van der Waals surface area contributed by atoms with E-state index in [2.05, 4.69) is 16.0 Å². The summed E-state index contributed by atoms with van der Waals surface area (Å²) < 4.78 is -1.81. The van der Waals surface area contributed by atoms with Gasteiger partial charge < -0.3 is 16.0 Å². The van der Waals surface area contributed by atoms with Crippen molar-refractivity contribution < 1.29 is 4.79 Å². The lowest BCUT2D eigenvalue weighted by Gasteiger charge is -2.28. The van der Waals surface area contributed by atoms with Crippen LogP contribution in [-0.2, 0) is 4.79 Å². The molecule has 0 aliphatic heterocycles. The zero-order valence-corrected chi connectivity index (χ0v) is 17.4. The molecule has 0 radical (unpaired) electrons. The first-order valence-corrected chi connectivity index (χ1v) is 9.17. The van der Waals surface area contributed by atoms with Crippen LogP contribution in [0.25, 0.3) is 0 Å². The van der Waals surface area contributed by atoms with Crippen molar-refractivity contribution in [2.24, 2.45) is 5.92 Å². The molecule has 0 saturated carbocycles. The van der Waals surface area contributed by atoms with Gasteiger partial charge in [-0.15, -0.1) is 0 Å². The molecule has 134 valence electrons. The first kappa shape index (κ1) is 21.9. The van der Waals surface area contributed by atoms with Crippen molar-refractivity contribution in [2.75, 3.05) is 5.32 Å². The number of carbonyl (C=O) groups is 1. The average Bonchev–Trinajstić information content (AvgIpc) is 2.40. The van der Waals surface area contributed by atoms with Gasteiger partial charge in [0, 0.05) is 11.4 Å². The van der Waals surface area contributed by atoms with Crippen molar-refractivity contribution in [1.29, 1.82) is 0 Å². The van der Waals surface area contributed by atoms with E-state index in [-0.39, 0.29) is 16.9 Å². The summed E-state index contributed by atoms with van der Waals surface area (Å²) in [7, 11) is 0. The van der Waals surface area contributed by atoms with E-state index in [1.54, 1.807) is 18.2 Å². The van der Waals surface area contributed by atoms with Crippen molar-refractivity contribution in [3.05, 3.63) is 28.2 Å². The van der Waals surface area contributed by atoms with Crippen LogP contribution in [0.1, 0.15) is 20.3 Å². The van der Waals surface area contributed by atoms with Crippen LogP contribution in [0.15, 0.2) is 18.2 Å². The summed E-state index contributed by atoms with van der Waals surface area (Å²) in [5.74, 6) is -0.103. The first-order chi connectivity index (χ1) is 11.0. The minimum Gasteiger partial charge on any atom is -0.339 e. The summed E-state index contributed by atoms with van der Waals surface area (Å²) in [4.78, 5) is 11.9. The van der Waals surface area contributed by atoms with Crippen molar-refractivity contribution in [1.82, 2.24) is 10.6 Å². The molecule has 3 N–H and O–H groups in total. The van der Waals surface area contributed by atoms with Crippen LogP contribution in [0.2, 0.25) is 10.0 Å². The number of hydrogen-bond acceptors (Lipinski definition) is 2. The Morgan fingerprint density at radius 1 is 1.21 bits per heavy atom. The fourth-order valence-corrected chi connectivity index (χ4v) is 2.57. The molecule has 0 spiro atoms. The Bertz CT molecular complexity index is 607. The van der Waals surface area contributed by atoms with Gasteiger partial charge in [-0.1, -0.05) is 71.9 Å². The SMILES string of the molecule is CC(C)CC(=O)NC(NC(=S)Nc1cc(Cl)ccc1Cl)C(Cl)(Cl)Cl. The fourth-order valence-electron chi connectivity index (χ4n) is 1.67. The second-order valence-corrected chi connectivity index (χ2v) is 8.98. The second-order valence-electron chi connectivity index (χ2n) is 5.36. The molecule has 0 bridgehead atoms. The summed E-state index contributed by atoms with van der Waals surface area (Å²) >= 11 is 34.8. The Morgan fingerprint density at radius 2 is 1.83 bits per heavy atom. The third-order valence-electron chi connectivity index (χ3n) is 2.68. The summed E-state index contributed by atoms with van der Waals surface area (Å²) in [5.41, 5.74) is 0.484. The van der Waals surface area contributed by atoms with Crippen LogP contribution < -0.4 is 16.0 Å². The highest BCUT2D eigenvalue weighted by molar-refractivity contribution is 7.80. The average molecular weight is 452 g/mol. The van der Waals surface area contributed by atoms with Gasteiger partial charge in [0.1, 0.15) is 6.17 Å². The lowest BCUT2D eigenvalue weighted by molar-refractivity contribution is -0.122. The van der Waals surface area contributed by atoms with Gasteiger partial charge >= 0.3 is 0 Å². The number of rotatable bonds is 5. The van der Waals surface area contributed by atoms with Gasteiger partial charge in [-0.3, -0.25) is 4.79 Å². The van der Waals surface area contributed by atoms with Crippen molar-refractivity contribution >= 4 is 86.9 Å². The number of hydrogen-bond donors (Lipinski definition) is 3. The summed E-state index contributed by atoms with van der Waals surface area (Å²) in [6, 6.07) is 4.85. The number of thiocarbonyl (C=S) groups is 1. The molecule has 0 heterocycles. The molecule has 1 atom stereocenters. The van der Waals surface area contributed by atoms with E-state index in [1.165, 1.54) is 0 Å². The Morgan fingerprint density at radius 3 is 2.38 bits per heavy atom. The molecule has 1 amide bonds. The van der Waals surface area contributed by atoms with Gasteiger partial charge in [-0.2, -0.15) is 0 Å². The molecule has 1 aromatic rings. The van der Waals surface area contributed by atoms with Crippen molar-refractivity contribution in [2.45, 2.75) is 30.2 Å². The monoisotopic (exact) mass is 449 g/mol. The third kappa shape index (κ3) is 7.81. The van der Waals surface area contributed by atoms with E-state index >= 15 is 0 Å². The van der Waals surface area contributed by atoms with Crippen LogP contribution in [0.3, 0.4) is 0 Å². The molecule has 1 rings (SSSR count). The molecule has 0 saturated heterocycles. The van der Waals surface area contributed by atoms with E-state index in [0.717, 1.165) is 0 Å². The van der Waals surface area contributed by atoms with Gasteiger partial charge in [-0.25, -0.2) is 0 Å². The summed E-state index contributed by atoms with van der Waals surface area (Å²) in [6.45, 7) is 3.81. The molecule has 10 heteroatoms. The lowest BCUT2D eigenvalue weighted by atomic mass is 10.1. The smallest absolute Gasteiger partial charge is 0.228 e. The number of halogens is 5.